The Bertz CT molecular complexity index is 1440. The first-order valence-corrected chi connectivity index (χ1v) is 16.6. The first-order valence-electron chi connectivity index (χ1n) is 16.6. The van der Waals surface area contributed by atoms with E-state index in [-0.39, 0.29) is 13.2 Å². The summed E-state index contributed by atoms with van der Waals surface area (Å²) in [6.45, 7) is 2.56. The Balaban J connectivity index is 1.25. The van der Waals surface area contributed by atoms with Gasteiger partial charge in [-0.3, -0.25) is 4.79 Å². The van der Waals surface area contributed by atoms with Crippen LogP contribution < -0.4 is 5.32 Å². The highest BCUT2D eigenvalue weighted by Gasteiger charge is 2.38. The summed E-state index contributed by atoms with van der Waals surface area (Å²) in [5.74, 6) is -2.55. The fourth-order valence-corrected chi connectivity index (χ4v) is 5.87. The first-order chi connectivity index (χ1) is 22.4. The topological polar surface area (TPSA) is 114 Å². The number of nitrogens with zero attached hydrogens (tertiary/aromatic N) is 1. The molecular formula is C37H48N2O7. The smallest absolute Gasteiger partial charge is 0.336 e. The number of ether oxygens (including phenoxy) is 3. The lowest BCUT2D eigenvalue weighted by Gasteiger charge is -2.28. The summed E-state index contributed by atoms with van der Waals surface area (Å²) in [6, 6.07) is 21.3. The van der Waals surface area contributed by atoms with E-state index in [1.807, 2.05) is 12.1 Å². The van der Waals surface area contributed by atoms with Crippen molar-refractivity contribution >= 4 is 34.3 Å². The Labute approximate surface area is 272 Å². The number of carbonyl (C=O) groups is 3. The van der Waals surface area contributed by atoms with E-state index < -0.39 is 36.7 Å². The van der Waals surface area contributed by atoms with Gasteiger partial charge in [-0.1, -0.05) is 55.0 Å². The molecule has 2 unspecified atom stereocenters. The number of carbonyl (C=O) groups excluding carboxylic acids is 2. The minimum Gasteiger partial charge on any atom is -0.479 e. The molecule has 2 atom stereocenters. The molecule has 1 aliphatic rings. The van der Waals surface area contributed by atoms with Gasteiger partial charge >= 0.3 is 11.9 Å². The van der Waals surface area contributed by atoms with Crippen molar-refractivity contribution in [1.29, 1.82) is 0 Å². The number of fused-ring (bicyclic) bond motifs is 2. The van der Waals surface area contributed by atoms with E-state index in [1.54, 1.807) is 14.0 Å². The molecule has 0 radical (unpaired) electrons. The Morgan fingerprint density at radius 3 is 2.48 bits per heavy atom. The number of benzene rings is 3. The zero-order valence-corrected chi connectivity index (χ0v) is 27.2. The van der Waals surface area contributed by atoms with Crippen LogP contribution in [0, 0.1) is 0 Å². The van der Waals surface area contributed by atoms with Crippen molar-refractivity contribution in [1.82, 2.24) is 4.90 Å². The third-order valence-corrected chi connectivity index (χ3v) is 8.39. The van der Waals surface area contributed by atoms with Crippen molar-refractivity contribution in [3.63, 3.8) is 0 Å². The minimum atomic E-state index is -1.64. The fourth-order valence-electron chi connectivity index (χ4n) is 5.87. The van der Waals surface area contributed by atoms with Gasteiger partial charge < -0.3 is 29.5 Å². The number of anilines is 1. The summed E-state index contributed by atoms with van der Waals surface area (Å²) >= 11 is 0. The summed E-state index contributed by atoms with van der Waals surface area (Å²) in [7, 11) is 1.65. The largest absolute Gasteiger partial charge is 0.479 e. The van der Waals surface area contributed by atoms with Crippen molar-refractivity contribution in [3.8, 4) is 0 Å². The Morgan fingerprint density at radius 1 is 0.870 bits per heavy atom. The van der Waals surface area contributed by atoms with Crippen LogP contribution in [-0.4, -0.2) is 80.0 Å². The zero-order chi connectivity index (χ0) is 32.7. The second-order valence-electron chi connectivity index (χ2n) is 11.9. The molecule has 0 saturated heterocycles. The Morgan fingerprint density at radius 2 is 1.67 bits per heavy atom. The van der Waals surface area contributed by atoms with Gasteiger partial charge in [0.2, 0.25) is 0 Å². The number of amides is 1. The number of hydrogen-bond acceptors (Lipinski definition) is 7. The fraction of sp³-hybridized carbons (Fsp3) is 0.486. The van der Waals surface area contributed by atoms with E-state index in [4.69, 9.17) is 14.2 Å². The quantitative estimate of drug-likeness (QED) is 0.119. The van der Waals surface area contributed by atoms with Crippen molar-refractivity contribution in [2.24, 2.45) is 0 Å². The number of carboxylic acids is 1. The van der Waals surface area contributed by atoms with Crippen LogP contribution in [-0.2, 0) is 47.9 Å². The van der Waals surface area contributed by atoms with Crippen LogP contribution in [0.1, 0.15) is 62.1 Å². The Hall–Kier alpha value is -3.95. The third-order valence-electron chi connectivity index (χ3n) is 8.39. The number of carboxylic acid groups (broad SMARTS) is 1. The number of aliphatic carboxylic acids is 1. The zero-order valence-electron chi connectivity index (χ0n) is 27.2. The summed E-state index contributed by atoms with van der Waals surface area (Å²) in [5.41, 5.74) is 5.21. The number of nitrogens with one attached hydrogen (secondary N) is 1. The highest BCUT2D eigenvalue weighted by atomic mass is 16.6. The van der Waals surface area contributed by atoms with Crippen molar-refractivity contribution in [2.45, 2.75) is 76.9 Å². The van der Waals surface area contributed by atoms with Gasteiger partial charge in [-0.15, -0.1) is 0 Å². The average molecular weight is 633 g/mol. The number of likely N-dealkylation sites (N-methyl/N-ethyl adjacent to an activating group) is 1. The number of hydrogen-bond donors (Lipinski definition) is 2. The van der Waals surface area contributed by atoms with Gasteiger partial charge in [0.1, 0.15) is 6.61 Å². The standard InChI is InChI=1S/C37H48N2O7/c1-3-44-33(40)26-46-35(37(42)43)34(45-23-10-8-21-38-32-20-19-29-15-11-16-31(29)25-32)36(41)39(2)22-9-4-5-12-27-17-18-28-13-6-7-14-30(28)24-27/h6-7,13-14,17-20,24-25,34-35,38H,3-5,8-12,15-16,21-23,26H2,1-2H3,(H,42,43). The van der Waals surface area contributed by atoms with Crippen molar-refractivity contribution < 1.29 is 33.7 Å². The van der Waals surface area contributed by atoms with E-state index >= 15 is 0 Å². The van der Waals surface area contributed by atoms with Crippen LogP contribution in [0.4, 0.5) is 5.69 Å². The normalized spacial score (nSPS) is 13.6. The van der Waals surface area contributed by atoms with Gasteiger partial charge in [0.25, 0.3) is 5.91 Å². The van der Waals surface area contributed by atoms with Crippen LogP contribution in [0.15, 0.2) is 60.7 Å². The molecule has 3 aromatic rings. The molecule has 3 aromatic carbocycles. The molecule has 0 spiro atoms. The van der Waals surface area contributed by atoms with E-state index in [0.29, 0.717) is 13.0 Å². The molecule has 0 bridgehead atoms. The number of esters is 1. The summed E-state index contributed by atoms with van der Waals surface area (Å²) < 4.78 is 16.2. The molecule has 0 fully saturated rings. The average Bonchev–Trinajstić information content (AvgIpc) is 3.53. The minimum absolute atomic E-state index is 0.141. The van der Waals surface area contributed by atoms with Crippen molar-refractivity contribution in [2.75, 3.05) is 45.3 Å². The second kappa shape index (κ2) is 18.3. The third kappa shape index (κ3) is 10.6. The van der Waals surface area contributed by atoms with Crippen LogP contribution in [0.3, 0.4) is 0 Å². The maximum absolute atomic E-state index is 13.5. The van der Waals surface area contributed by atoms with Crippen LogP contribution in [0.2, 0.25) is 0 Å². The van der Waals surface area contributed by atoms with Gasteiger partial charge in [0.05, 0.1) is 6.61 Å². The van der Waals surface area contributed by atoms with E-state index in [9.17, 15) is 19.5 Å². The molecule has 0 saturated carbocycles. The molecule has 0 heterocycles. The second-order valence-corrected chi connectivity index (χ2v) is 11.9. The van der Waals surface area contributed by atoms with Gasteiger partial charge in [-0.2, -0.15) is 0 Å². The molecule has 1 aliphatic carbocycles. The molecule has 9 nitrogen and oxygen atoms in total. The molecule has 9 heteroatoms. The highest BCUT2D eigenvalue weighted by Crippen LogP contribution is 2.25. The molecular weight excluding hydrogens is 584 g/mol. The van der Waals surface area contributed by atoms with Gasteiger partial charge in [0.15, 0.2) is 12.2 Å². The molecule has 0 aliphatic heterocycles. The highest BCUT2D eigenvalue weighted by molar-refractivity contribution is 5.88. The van der Waals surface area contributed by atoms with E-state index in [2.05, 4.69) is 53.8 Å². The Kier molecular flexibility index (Phi) is 13.9. The lowest BCUT2D eigenvalue weighted by Crippen LogP contribution is -2.50. The molecule has 1 amide bonds. The molecule has 46 heavy (non-hydrogen) atoms. The number of unbranched alkanes of at least 4 members (excludes halogenated alkanes) is 3. The van der Waals surface area contributed by atoms with Crippen molar-refractivity contribution in [3.05, 3.63) is 77.4 Å². The molecule has 0 aromatic heterocycles. The van der Waals surface area contributed by atoms with Crippen LogP contribution >= 0.6 is 0 Å². The van der Waals surface area contributed by atoms with E-state index in [0.717, 1.165) is 57.2 Å². The number of rotatable bonds is 20. The summed E-state index contributed by atoms with van der Waals surface area (Å²) in [5, 5.41) is 15.8. The van der Waals surface area contributed by atoms with Gasteiger partial charge in [-0.25, -0.2) is 9.59 Å². The van der Waals surface area contributed by atoms with Crippen LogP contribution in [0.25, 0.3) is 10.8 Å². The number of aryl methyl sites for hydroxylation is 3. The van der Waals surface area contributed by atoms with Gasteiger partial charge in [0, 0.05) is 32.4 Å². The summed E-state index contributed by atoms with van der Waals surface area (Å²) in [4.78, 5) is 39.1. The molecule has 4 rings (SSSR count). The predicted octanol–water partition coefficient (Wildman–Crippen LogP) is 5.81. The maximum atomic E-state index is 13.5. The lowest BCUT2D eigenvalue weighted by molar-refractivity contribution is -0.177. The monoisotopic (exact) mass is 632 g/mol. The maximum Gasteiger partial charge on any atom is 0.336 e. The first kappa shape index (κ1) is 34.9. The van der Waals surface area contributed by atoms with Gasteiger partial charge in [-0.05, 0) is 97.9 Å². The van der Waals surface area contributed by atoms with E-state index in [1.165, 1.54) is 38.8 Å². The molecule has 248 valence electrons. The molecule has 2 N–H and O–H groups in total. The summed E-state index contributed by atoms with van der Waals surface area (Å²) in [6.07, 6.45) is 5.42. The van der Waals surface area contributed by atoms with Crippen LogP contribution in [0.5, 0.6) is 0 Å². The SMILES string of the molecule is CCOC(=O)COC(C(=O)O)C(OCCCCNc1ccc2c(c1)CCC2)C(=O)N(C)CCCCCc1ccc2ccccc2c1. The predicted molar refractivity (Wildman–Crippen MR) is 179 cm³/mol. The lowest BCUT2D eigenvalue weighted by atomic mass is 10.0.